The topological polar surface area (TPSA) is 78.5 Å². The minimum absolute atomic E-state index is 0.0473. The predicted molar refractivity (Wildman–Crippen MR) is 125 cm³/mol. The van der Waals surface area contributed by atoms with Crippen LogP contribution in [-0.4, -0.2) is 63.8 Å². The quantitative estimate of drug-likeness (QED) is 0.730. The number of ether oxygens (including phenoxy) is 1. The van der Waals surface area contributed by atoms with Crippen LogP contribution in [-0.2, 0) is 4.74 Å². The zero-order valence-electron chi connectivity index (χ0n) is 20.2. The average molecular weight is 441 g/mol. The van der Waals surface area contributed by atoms with Crippen molar-refractivity contribution in [1.82, 2.24) is 20.0 Å². The van der Waals surface area contributed by atoms with E-state index in [1.165, 1.54) is 0 Å². The second kappa shape index (κ2) is 8.09. The van der Waals surface area contributed by atoms with Gasteiger partial charge >= 0.3 is 6.09 Å². The number of likely N-dealkylation sites (tertiary alicyclic amines) is 2. The second-order valence-corrected chi connectivity index (χ2v) is 11.2. The van der Waals surface area contributed by atoms with E-state index >= 15 is 0 Å². The third kappa shape index (κ3) is 4.34. The Hall–Kier alpha value is -2.57. The van der Waals surface area contributed by atoms with Gasteiger partial charge in [-0.3, -0.25) is 9.89 Å². The van der Waals surface area contributed by atoms with E-state index in [2.05, 4.69) is 44.8 Å². The fraction of sp³-hybridized carbons (Fsp3) is 0.640. The molecule has 4 rings (SSSR count). The van der Waals surface area contributed by atoms with Crippen LogP contribution in [0.3, 0.4) is 0 Å². The maximum Gasteiger partial charge on any atom is 0.410 e. The van der Waals surface area contributed by atoms with Gasteiger partial charge in [0.25, 0.3) is 5.91 Å². The molecule has 2 unspecified atom stereocenters. The van der Waals surface area contributed by atoms with Gasteiger partial charge in [-0.2, -0.15) is 5.10 Å². The van der Waals surface area contributed by atoms with Gasteiger partial charge in [0.1, 0.15) is 0 Å². The van der Waals surface area contributed by atoms with Crippen LogP contribution in [0.5, 0.6) is 0 Å². The lowest BCUT2D eigenvalue weighted by atomic mass is 9.74. The maximum absolute atomic E-state index is 13.4. The predicted octanol–water partition coefficient (Wildman–Crippen LogP) is 4.76. The van der Waals surface area contributed by atoms with Crippen molar-refractivity contribution in [3.63, 3.8) is 0 Å². The molecule has 0 saturated carbocycles. The largest absolute Gasteiger partial charge is 0.449 e. The third-order valence-corrected chi connectivity index (χ3v) is 7.03. The number of rotatable bonds is 2. The summed E-state index contributed by atoms with van der Waals surface area (Å²) in [5.41, 5.74) is 2.73. The molecule has 1 aromatic carbocycles. The molecule has 2 aliphatic heterocycles. The normalized spacial score (nSPS) is 26.2. The van der Waals surface area contributed by atoms with E-state index in [-0.39, 0.29) is 34.9 Å². The van der Waals surface area contributed by atoms with Crippen LogP contribution in [0, 0.1) is 17.8 Å². The molecule has 3 atom stereocenters. The SMILES string of the molecule is Cc1cc(C(=O)N2CCC3(CC2C)C[C@H](C)N(C(=O)OCC(C)(C)C)C3)cc2cn[nH]c12. The third-order valence-electron chi connectivity index (χ3n) is 7.03. The Morgan fingerprint density at radius 3 is 2.53 bits per heavy atom. The fourth-order valence-electron chi connectivity index (χ4n) is 5.50. The molecule has 2 aromatic rings. The minimum atomic E-state index is -0.209. The first-order chi connectivity index (χ1) is 15.0. The molecule has 0 bridgehead atoms. The molecule has 2 saturated heterocycles. The lowest BCUT2D eigenvalue weighted by Crippen LogP contribution is -2.49. The zero-order valence-corrected chi connectivity index (χ0v) is 20.2. The first-order valence-electron chi connectivity index (χ1n) is 11.7. The molecule has 2 aliphatic rings. The van der Waals surface area contributed by atoms with Crippen LogP contribution >= 0.6 is 0 Å². The van der Waals surface area contributed by atoms with Crippen molar-refractivity contribution >= 4 is 22.9 Å². The van der Waals surface area contributed by atoms with Gasteiger partial charge in [0.05, 0.1) is 18.3 Å². The van der Waals surface area contributed by atoms with Crippen LogP contribution in [0.25, 0.3) is 10.9 Å². The molecular formula is C25H36N4O3. The summed E-state index contributed by atoms with van der Waals surface area (Å²) in [7, 11) is 0. The molecule has 2 amide bonds. The van der Waals surface area contributed by atoms with E-state index < -0.39 is 0 Å². The van der Waals surface area contributed by atoms with Gasteiger partial charge in [-0.15, -0.1) is 0 Å². The molecule has 7 heteroatoms. The number of hydrogen-bond acceptors (Lipinski definition) is 4. The van der Waals surface area contributed by atoms with E-state index in [1.54, 1.807) is 6.20 Å². The Bertz CT molecular complexity index is 1020. The second-order valence-electron chi connectivity index (χ2n) is 11.2. The van der Waals surface area contributed by atoms with Crippen molar-refractivity contribution in [1.29, 1.82) is 0 Å². The number of piperidine rings is 1. The minimum Gasteiger partial charge on any atom is -0.449 e. The maximum atomic E-state index is 13.4. The monoisotopic (exact) mass is 440 g/mol. The number of fused-ring (bicyclic) bond motifs is 1. The molecule has 1 aromatic heterocycles. The van der Waals surface area contributed by atoms with Crippen LogP contribution < -0.4 is 0 Å². The first kappa shape index (κ1) is 22.6. The zero-order chi connectivity index (χ0) is 23.3. The van der Waals surface area contributed by atoms with Gasteiger partial charge in [0.15, 0.2) is 0 Å². The summed E-state index contributed by atoms with van der Waals surface area (Å²) in [5.74, 6) is 0.0750. The summed E-state index contributed by atoms with van der Waals surface area (Å²) in [6, 6.07) is 4.15. The van der Waals surface area contributed by atoms with E-state index in [0.29, 0.717) is 25.3 Å². The molecular weight excluding hydrogens is 404 g/mol. The molecule has 2 fully saturated rings. The van der Waals surface area contributed by atoms with Crippen LogP contribution in [0.2, 0.25) is 0 Å². The van der Waals surface area contributed by atoms with Gasteiger partial charge in [-0.25, -0.2) is 4.79 Å². The molecule has 1 N–H and O–H groups in total. The summed E-state index contributed by atoms with van der Waals surface area (Å²) in [5, 5.41) is 8.05. The Labute approximate surface area is 190 Å². The summed E-state index contributed by atoms with van der Waals surface area (Å²) in [4.78, 5) is 30.0. The molecule has 3 heterocycles. The van der Waals surface area contributed by atoms with Gasteiger partial charge in [0, 0.05) is 36.1 Å². The van der Waals surface area contributed by atoms with Crippen molar-refractivity contribution in [2.75, 3.05) is 19.7 Å². The number of aromatic amines is 1. The summed E-state index contributed by atoms with van der Waals surface area (Å²) < 4.78 is 5.59. The van der Waals surface area contributed by atoms with Gasteiger partial charge in [-0.05, 0) is 68.6 Å². The Kier molecular flexibility index (Phi) is 5.72. The highest BCUT2D eigenvalue weighted by molar-refractivity contribution is 5.99. The van der Waals surface area contributed by atoms with E-state index in [9.17, 15) is 9.59 Å². The smallest absolute Gasteiger partial charge is 0.410 e. The number of benzene rings is 1. The number of carbonyl (C=O) groups is 2. The van der Waals surface area contributed by atoms with Crippen molar-refractivity contribution in [2.45, 2.75) is 72.9 Å². The summed E-state index contributed by atoms with van der Waals surface area (Å²) >= 11 is 0. The number of nitrogens with one attached hydrogen (secondary N) is 1. The number of H-pyrrole nitrogens is 1. The molecule has 1 spiro atoms. The fourth-order valence-corrected chi connectivity index (χ4v) is 5.50. The molecule has 0 radical (unpaired) electrons. The highest BCUT2D eigenvalue weighted by Crippen LogP contribution is 2.45. The Morgan fingerprint density at radius 1 is 1.19 bits per heavy atom. The standard InChI is InChI=1S/C25H36N4O3/c1-16-9-19(10-20-13-26-27-21(16)20)22(30)28-8-7-25(11-17(28)2)12-18(3)29(14-25)23(31)32-15-24(4,5)6/h9-10,13,17-18H,7-8,11-12,14-15H2,1-6H3,(H,26,27)/t17?,18-,25?/m0/s1. The Balaban J connectivity index is 1.43. The number of nitrogens with zero attached hydrogens (tertiary/aromatic N) is 3. The van der Waals surface area contributed by atoms with Gasteiger partial charge in [-0.1, -0.05) is 20.8 Å². The molecule has 0 aliphatic carbocycles. The average Bonchev–Trinajstić information content (AvgIpc) is 3.30. The van der Waals surface area contributed by atoms with Crippen molar-refractivity contribution in [2.24, 2.45) is 10.8 Å². The van der Waals surface area contributed by atoms with E-state index in [1.807, 2.05) is 28.9 Å². The van der Waals surface area contributed by atoms with Gasteiger partial charge < -0.3 is 14.5 Å². The lowest BCUT2D eigenvalue weighted by molar-refractivity contribution is 0.0381. The van der Waals surface area contributed by atoms with Crippen molar-refractivity contribution in [3.8, 4) is 0 Å². The number of aromatic nitrogens is 2. The molecule has 32 heavy (non-hydrogen) atoms. The number of carbonyl (C=O) groups excluding carboxylic acids is 2. The number of amides is 2. The Morgan fingerprint density at radius 2 is 1.88 bits per heavy atom. The van der Waals surface area contributed by atoms with Crippen LogP contribution in [0.4, 0.5) is 4.79 Å². The van der Waals surface area contributed by atoms with E-state index in [4.69, 9.17) is 4.74 Å². The van der Waals surface area contributed by atoms with Crippen LogP contribution in [0.15, 0.2) is 18.3 Å². The van der Waals surface area contributed by atoms with Gasteiger partial charge in [0.2, 0.25) is 0 Å². The first-order valence-corrected chi connectivity index (χ1v) is 11.7. The lowest BCUT2D eigenvalue weighted by Gasteiger charge is -2.43. The molecule has 7 nitrogen and oxygen atoms in total. The van der Waals surface area contributed by atoms with Crippen LogP contribution in [0.1, 0.15) is 69.8 Å². The highest BCUT2D eigenvalue weighted by atomic mass is 16.6. The highest BCUT2D eigenvalue weighted by Gasteiger charge is 2.48. The number of hydrogen-bond donors (Lipinski definition) is 1. The van der Waals surface area contributed by atoms with Crippen molar-refractivity contribution in [3.05, 3.63) is 29.5 Å². The van der Waals surface area contributed by atoms with Crippen molar-refractivity contribution < 1.29 is 14.3 Å². The summed E-state index contributed by atoms with van der Waals surface area (Å²) in [6.45, 7) is 14.3. The van der Waals surface area contributed by atoms with E-state index in [0.717, 1.165) is 35.7 Å². The molecule has 174 valence electrons. The number of aryl methyl sites for hydroxylation is 1. The summed E-state index contributed by atoms with van der Waals surface area (Å²) in [6.07, 6.45) is 4.33.